The summed E-state index contributed by atoms with van der Waals surface area (Å²) in [6.07, 6.45) is 1.48. The minimum absolute atomic E-state index is 0.216. The first kappa shape index (κ1) is 13.8. The van der Waals surface area contributed by atoms with Crippen LogP contribution >= 0.6 is 0 Å². The van der Waals surface area contributed by atoms with Crippen LogP contribution in [0.5, 0.6) is 0 Å². The number of benzene rings is 1. The van der Waals surface area contributed by atoms with Crippen LogP contribution in [0.4, 0.5) is 0 Å². The normalized spacial score (nSPS) is 14.4. The summed E-state index contributed by atoms with van der Waals surface area (Å²) in [5.74, 6) is 2.23. The molecule has 0 aliphatic carbocycles. The number of fused-ring (bicyclic) bond motifs is 1. The minimum atomic E-state index is -0.216. The molecule has 0 spiro atoms. The van der Waals surface area contributed by atoms with Crippen molar-refractivity contribution >= 4 is 11.0 Å². The van der Waals surface area contributed by atoms with Crippen LogP contribution in [-0.2, 0) is 6.42 Å². The molecule has 2 atom stereocenters. The number of nitrogens with zero attached hydrogens (tertiary/aromatic N) is 3. The highest BCUT2D eigenvalue weighted by Crippen LogP contribution is 2.20. The summed E-state index contributed by atoms with van der Waals surface area (Å²) >= 11 is 0. The predicted octanol–water partition coefficient (Wildman–Crippen LogP) is 2.58. The van der Waals surface area contributed by atoms with Crippen LogP contribution in [0, 0.1) is 5.92 Å². The Balaban J connectivity index is 1.77. The fourth-order valence-corrected chi connectivity index (χ4v) is 2.21. The van der Waals surface area contributed by atoms with Crippen molar-refractivity contribution in [3.05, 3.63) is 41.8 Å². The molecule has 0 saturated heterocycles. The van der Waals surface area contributed by atoms with Gasteiger partial charge in [0.25, 0.3) is 0 Å². The number of para-hydroxylation sites is 2. The van der Waals surface area contributed by atoms with Crippen molar-refractivity contribution in [1.29, 1.82) is 0 Å². The monoisotopic (exact) mass is 285 g/mol. The summed E-state index contributed by atoms with van der Waals surface area (Å²) in [6.45, 7) is 4.17. The topological polar surface area (TPSA) is 93.6 Å². The molecule has 0 radical (unpaired) electrons. The maximum Gasteiger partial charge on any atom is 0.243 e. The lowest BCUT2D eigenvalue weighted by atomic mass is 10.0. The molecule has 6 nitrogen and oxygen atoms in total. The number of H-pyrrole nitrogens is 1. The zero-order chi connectivity index (χ0) is 14.8. The molecule has 110 valence electrons. The molecule has 2 heterocycles. The molecule has 0 aliphatic rings. The third-order valence-corrected chi connectivity index (χ3v) is 3.79. The number of rotatable bonds is 5. The summed E-state index contributed by atoms with van der Waals surface area (Å²) in [4.78, 5) is 12.1. The third-order valence-electron chi connectivity index (χ3n) is 3.79. The van der Waals surface area contributed by atoms with E-state index in [4.69, 9.17) is 10.3 Å². The first-order chi connectivity index (χ1) is 10.2. The summed E-state index contributed by atoms with van der Waals surface area (Å²) < 4.78 is 5.27. The van der Waals surface area contributed by atoms with Gasteiger partial charge in [0.1, 0.15) is 5.82 Å². The van der Waals surface area contributed by atoms with Gasteiger partial charge in [-0.15, -0.1) is 0 Å². The number of nitrogens with two attached hydrogens (primary N) is 1. The predicted molar refractivity (Wildman–Crippen MR) is 79.6 cm³/mol. The number of hydrogen-bond donors (Lipinski definition) is 2. The van der Waals surface area contributed by atoms with Crippen molar-refractivity contribution in [2.45, 2.75) is 32.7 Å². The number of hydrogen-bond acceptors (Lipinski definition) is 5. The largest absolute Gasteiger partial charge is 0.342 e. The fourth-order valence-electron chi connectivity index (χ4n) is 2.21. The van der Waals surface area contributed by atoms with E-state index in [1.165, 1.54) is 0 Å². The van der Waals surface area contributed by atoms with Crippen molar-refractivity contribution in [3.8, 4) is 0 Å². The first-order valence-electron chi connectivity index (χ1n) is 7.19. The van der Waals surface area contributed by atoms with E-state index in [0.29, 0.717) is 24.1 Å². The molecule has 6 heteroatoms. The number of nitrogens with one attached hydrogen (secondary N) is 1. The van der Waals surface area contributed by atoms with E-state index in [1.807, 2.05) is 24.3 Å². The van der Waals surface area contributed by atoms with Gasteiger partial charge < -0.3 is 15.2 Å². The Morgan fingerprint density at radius 3 is 2.86 bits per heavy atom. The van der Waals surface area contributed by atoms with Crippen LogP contribution in [0.25, 0.3) is 11.0 Å². The van der Waals surface area contributed by atoms with Gasteiger partial charge in [-0.1, -0.05) is 37.6 Å². The Morgan fingerprint density at radius 1 is 1.29 bits per heavy atom. The average molecular weight is 285 g/mol. The molecule has 0 aliphatic heterocycles. The van der Waals surface area contributed by atoms with E-state index < -0.39 is 0 Å². The Kier molecular flexibility index (Phi) is 3.70. The fraction of sp³-hybridized carbons (Fsp3) is 0.400. The molecule has 0 bridgehead atoms. The molecule has 1 aromatic carbocycles. The Hall–Kier alpha value is -2.21. The van der Waals surface area contributed by atoms with Gasteiger partial charge in [-0.25, -0.2) is 4.98 Å². The number of aromatic amines is 1. The second kappa shape index (κ2) is 5.65. The van der Waals surface area contributed by atoms with Gasteiger partial charge in [0.05, 0.1) is 23.5 Å². The molecule has 0 saturated carbocycles. The van der Waals surface area contributed by atoms with Crippen molar-refractivity contribution in [2.75, 3.05) is 0 Å². The molecule has 3 aromatic rings. The number of imidazole rings is 1. The van der Waals surface area contributed by atoms with Crippen molar-refractivity contribution < 1.29 is 4.52 Å². The highest BCUT2D eigenvalue weighted by molar-refractivity contribution is 5.74. The standard InChI is InChI=1S/C15H19N5O/c1-3-9(2)14(16)15-19-13(20-21-15)8-12-17-10-6-4-5-7-11(10)18-12/h4-7,9,14H,3,8,16H2,1-2H3,(H,17,18)/t9-,14-/m0/s1. The van der Waals surface area contributed by atoms with Gasteiger partial charge in [-0.3, -0.25) is 0 Å². The van der Waals surface area contributed by atoms with E-state index in [9.17, 15) is 0 Å². The lowest BCUT2D eigenvalue weighted by molar-refractivity contribution is 0.310. The van der Waals surface area contributed by atoms with Crippen LogP contribution in [0.1, 0.15) is 43.8 Å². The zero-order valence-corrected chi connectivity index (χ0v) is 12.2. The summed E-state index contributed by atoms with van der Waals surface area (Å²) in [5, 5.41) is 3.99. The SMILES string of the molecule is CC[C@H](C)[C@H](N)c1nc(Cc2nc3ccccc3[nH]2)no1. The van der Waals surface area contributed by atoms with Crippen LogP contribution in [0.15, 0.2) is 28.8 Å². The van der Waals surface area contributed by atoms with E-state index in [0.717, 1.165) is 23.3 Å². The van der Waals surface area contributed by atoms with E-state index in [2.05, 4.69) is 34.0 Å². The van der Waals surface area contributed by atoms with Crippen LogP contribution in [-0.4, -0.2) is 20.1 Å². The maximum atomic E-state index is 6.10. The third kappa shape index (κ3) is 2.80. The Bertz CT molecular complexity index is 699. The lowest BCUT2D eigenvalue weighted by Gasteiger charge is -2.12. The first-order valence-corrected chi connectivity index (χ1v) is 7.19. The molecule has 0 unspecified atom stereocenters. The quantitative estimate of drug-likeness (QED) is 0.751. The Morgan fingerprint density at radius 2 is 2.10 bits per heavy atom. The van der Waals surface area contributed by atoms with Gasteiger partial charge in [-0.05, 0) is 18.1 Å². The average Bonchev–Trinajstić information content (AvgIpc) is 3.12. The highest BCUT2D eigenvalue weighted by atomic mass is 16.5. The second-order valence-corrected chi connectivity index (χ2v) is 5.34. The van der Waals surface area contributed by atoms with Crippen LogP contribution in [0.2, 0.25) is 0 Å². The van der Waals surface area contributed by atoms with Crippen molar-refractivity contribution in [2.24, 2.45) is 11.7 Å². The van der Waals surface area contributed by atoms with Crippen LogP contribution < -0.4 is 5.73 Å². The lowest BCUT2D eigenvalue weighted by Crippen LogP contribution is -2.18. The summed E-state index contributed by atoms with van der Waals surface area (Å²) in [6, 6.07) is 7.68. The molecule has 0 amide bonds. The molecule has 0 fully saturated rings. The van der Waals surface area contributed by atoms with Crippen molar-refractivity contribution in [3.63, 3.8) is 0 Å². The molecule has 3 N–H and O–H groups in total. The van der Waals surface area contributed by atoms with E-state index in [-0.39, 0.29) is 6.04 Å². The van der Waals surface area contributed by atoms with Gasteiger partial charge >= 0.3 is 0 Å². The Labute approximate surface area is 122 Å². The molecule has 2 aromatic heterocycles. The van der Waals surface area contributed by atoms with Gasteiger partial charge in [0.15, 0.2) is 5.82 Å². The maximum absolute atomic E-state index is 6.10. The molecule has 3 rings (SSSR count). The van der Waals surface area contributed by atoms with Crippen molar-refractivity contribution in [1.82, 2.24) is 20.1 Å². The van der Waals surface area contributed by atoms with Crippen LogP contribution in [0.3, 0.4) is 0 Å². The zero-order valence-electron chi connectivity index (χ0n) is 12.2. The smallest absolute Gasteiger partial charge is 0.243 e. The second-order valence-electron chi connectivity index (χ2n) is 5.34. The highest BCUT2D eigenvalue weighted by Gasteiger charge is 2.20. The molecule has 21 heavy (non-hydrogen) atoms. The molecular formula is C15H19N5O. The minimum Gasteiger partial charge on any atom is -0.342 e. The summed E-state index contributed by atoms with van der Waals surface area (Å²) in [5.41, 5.74) is 8.04. The van der Waals surface area contributed by atoms with E-state index in [1.54, 1.807) is 0 Å². The van der Waals surface area contributed by atoms with Gasteiger partial charge in [-0.2, -0.15) is 4.98 Å². The van der Waals surface area contributed by atoms with E-state index >= 15 is 0 Å². The van der Waals surface area contributed by atoms with Gasteiger partial charge in [0.2, 0.25) is 5.89 Å². The summed E-state index contributed by atoms with van der Waals surface area (Å²) in [7, 11) is 0. The molecular weight excluding hydrogens is 266 g/mol. The van der Waals surface area contributed by atoms with Gasteiger partial charge in [0, 0.05) is 0 Å². The number of aromatic nitrogens is 4.